The number of aryl methyl sites for hydroxylation is 2. The molecule has 1 N–H and O–H groups in total. The molecular formula is C13H13BrN2O2. The Balaban J connectivity index is 2.42. The number of rotatable bonds is 3. The zero-order chi connectivity index (χ0) is 13.3. The number of halogens is 1. The van der Waals surface area contributed by atoms with Crippen molar-refractivity contribution in [1.29, 1.82) is 0 Å². The minimum Gasteiger partial charge on any atom is -0.481 e. The van der Waals surface area contributed by atoms with Crippen molar-refractivity contribution in [3.8, 4) is 5.69 Å². The van der Waals surface area contributed by atoms with Gasteiger partial charge >= 0.3 is 5.97 Å². The molecule has 0 fully saturated rings. The van der Waals surface area contributed by atoms with Gasteiger partial charge in [-0.15, -0.1) is 0 Å². The molecule has 94 valence electrons. The monoisotopic (exact) mass is 308 g/mol. The fourth-order valence-corrected chi connectivity index (χ4v) is 2.25. The topological polar surface area (TPSA) is 55.1 Å². The lowest BCUT2D eigenvalue weighted by Crippen LogP contribution is -2.03. The van der Waals surface area contributed by atoms with Crippen LogP contribution in [0.2, 0.25) is 0 Å². The first-order chi connectivity index (χ1) is 8.47. The van der Waals surface area contributed by atoms with Crippen molar-refractivity contribution < 1.29 is 9.90 Å². The number of nitrogens with zero attached hydrogens (tertiary/aromatic N) is 2. The van der Waals surface area contributed by atoms with Gasteiger partial charge < -0.3 is 5.11 Å². The Morgan fingerprint density at radius 1 is 1.44 bits per heavy atom. The maximum atomic E-state index is 10.7. The third kappa shape index (κ3) is 2.61. The number of carboxylic acids is 1. The highest BCUT2D eigenvalue weighted by Crippen LogP contribution is 2.21. The molecule has 4 nitrogen and oxygen atoms in total. The maximum absolute atomic E-state index is 10.7. The summed E-state index contributed by atoms with van der Waals surface area (Å²) in [5.41, 5.74) is 3.78. The largest absolute Gasteiger partial charge is 0.481 e. The number of aliphatic carboxylic acids is 1. The minimum absolute atomic E-state index is 0.0848. The van der Waals surface area contributed by atoms with Gasteiger partial charge in [-0.3, -0.25) is 4.79 Å². The van der Waals surface area contributed by atoms with Crippen molar-refractivity contribution in [2.45, 2.75) is 20.3 Å². The summed E-state index contributed by atoms with van der Waals surface area (Å²) in [5.74, 6) is -0.887. The second kappa shape index (κ2) is 4.94. The zero-order valence-electron chi connectivity index (χ0n) is 10.1. The van der Waals surface area contributed by atoms with Crippen LogP contribution in [0.1, 0.15) is 16.8 Å². The average Bonchev–Trinajstić information content (AvgIpc) is 2.59. The fourth-order valence-electron chi connectivity index (χ4n) is 1.84. The number of hydrogen-bond acceptors (Lipinski definition) is 2. The number of carboxylic acid groups (broad SMARTS) is 1. The van der Waals surface area contributed by atoms with Gasteiger partial charge in [0.05, 0.1) is 22.3 Å². The van der Waals surface area contributed by atoms with Crippen LogP contribution in [0.15, 0.2) is 28.9 Å². The SMILES string of the molecule is Cc1ccc(-n2cc(Br)c(CC(=O)O)n2)c(C)c1. The summed E-state index contributed by atoms with van der Waals surface area (Å²) in [6, 6.07) is 6.06. The van der Waals surface area contributed by atoms with Gasteiger partial charge in [-0.05, 0) is 41.4 Å². The molecule has 0 aliphatic rings. The molecule has 2 aromatic rings. The van der Waals surface area contributed by atoms with Crippen LogP contribution in [-0.4, -0.2) is 20.9 Å². The van der Waals surface area contributed by atoms with Gasteiger partial charge in [0.2, 0.25) is 0 Å². The standard InChI is InChI=1S/C13H13BrN2O2/c1-8-3-4-12(9(2)5-8)16-7-10(14)11(15-16)6-13(17)18/h3-5,7H,6H2,1-2H3,(H,17,18). The molecule has 0 saturated carbocycles. The van der Waals surface area contributed by atoms with Crippen LogP contribution >= 0.6 is 15.9 Å². The molecule has 2 rings (SSSR count). The van der Waals surface area contributed by atoms with Crippen molar-refractivity contribution in [2.24, 2.45) is 0 Å². The molecule has 0 unspecified atom stereocenters. The van der Waals surface area contributed by atoms with Gasteiger partial charge in [-0.2, -0.15) is 5.10 Å². The van der Waals surface area contributed by atoms with E-state index >= 15 is 0 Å². The van der Waals surface area contributed by atoms with E-state index in [2.05, 4.69) is 27.1 Å². The predicted octanol–water partition coefficient (Wildman–Crippen LogP) is 2.88. The second-order valence-corrected chi connectivity index (χ2v) is 5.08. The molecule has 18 heavy (non-hydrogen) atoms. The quantitative estimate of drug-likeness (QED) is 0.948. The van der Waals surface area contributed by atoms with Gasteiger partial charge in [0.15, 0.2) is 0 Å². The van der Waals surface area contributed by atoms with Crippen LogP contribution in [0.3, 0.4) is 0 Å². The maximum Gasteiger partial charge on any atom is 0.309 e. The van der Waals surface area contributed by atoms with Gasteiger partial charge in [0.25, 0.3) is 0 Å². The van der Waals surface area contributed by atoms with E-state index in [-0.39, 0.29) is 6.42 Å². The Bertz CT molecular complexity index is 605. The highest BCUT2D eigenvalue weighted by atomic mass is 79.9. The van der Waals surface area contributed by atoms with Crippen LogP contribution in [0, 0.1) is 13.8 Å². The average molecular weight is 309 g/mol. The van der Waals surface area contributed by atoms with Gasteiger partial charge in [-0.25, -0.2) is 4.68 Å². The molecule has 1 heterocycles. The van der Waals surface area contributed by atoms with E-state index in [1.54, 1.807) is 10.9 Å². The molecule has 0 amide bonds. The first-order valence-corrected chi connectivity index (χ1v) is 6.30. The van der Waals surface area contributed by atoms with Crippen molar-refractivity contribution in [3.05, 3.63) is 45.7 Å². The summed E-state index contributed by atoms with van der Waals surface area (Å²) in [6.07, 6.45) is 1.70. The lowest BCUT2D eigenvalue weighted by Gasteiger charge is -2.06. The number of hydrogen-bond donors (Lipinski definition) is 1. The predicted molar refractivity (Wildman–Crippen MR) is 72.1 cm³/mol. The fraction of sp³-hybridized carbons (Fsp3) is 0.231. The zero-order valence-corrected chi connectivity index (χ0v) is 11.7. The number of benzene rings is 1. The smallest absolute Gasteiger partial charge is 0.309 e. The second-order valence-electron chi connectivity index (χ2n) is 4.23. The van der Waals surface area contributed by atoms with E-state index in [1.165, 1.54) is 5.56 Å². The summed E-state index contributed by atoms with van der Waals surface area (Å²) in [5, 5.41) is 13.1. The molecule has 0 bridgehead atoms. The molecule has 0 aliphatic carbocycles. The first kappa shape index (κ1) is 12.8. The number of carbonyl (C=O) groups is 1. The molecule has 0 saturated heterocycles. The third-order valence-electron chi connectivity index (χ3n) is 2.66. The lowest BCUT2D eigenvalue weighted by molar-refractivity contribution is -0.136. The molecule has 0 radical (unpaired) electrons. The van der Waals surface area contributed by atoms with Gasteiger partial charge in [-0.1, -0.05) is 17.7 Å². The summed E-state index contributed by atoms with van der Waals surface area (Å²) in [4.78, 5) is 10.7. The summed E-state index contributed by atoms with van der Waals surface area (Å²) in [7, 11) is 0. The van der Waals surface area contributed by atoms with Crippen LogP contribution in [0.4, 0.5) is 0 Å². The highest BCUT2D eigenvalue weighted by Gasteiger charge is 2.12. The Kier molecular flexibility index (Phi) is 3.52. The molecule has 0 spiro atoms. The minimum atomic E-state index is -0.887. The third-order valence-corrected chi connectivity index (χ3v) is 3.32. The highest BCUT2D eigenvalue weighted by molar-refractivity contribution is 9.10. The van der Waals surface area contributed by atoms with E-state index in [0.29, 0.717) is 10.2 Å². The van der Waals surface area contributed by atoms with Crippen LogP contribution < -0.4 is 0 Å². The van der Waals surface area contributed by atoms with Crippen molar-refractivity contribution in [3.63, 3.8) is 0 Å². The lowest BCUT2D eigenvalue weighted by atomic mass is 10.1. The van der Waals surface area contributed by atoms with E-state index in [4.69, 9.17) is 5.11 Å². The molecule has 0 atom stereocenters. The van der Waals surface area contributed by atoms with Crippen LogP contribution in [0.5, 0.6) is 0 Å². The van der Waals surface area contributed by atoms with E-state index in [1.807, 2.05) is 26.0 Å². The first-order valence-electron chi connectivity index (χ1n) is 5.51. The Labute approximate surface area is 113 Å². The van der Waals surface area contributed by atoms with Crippen LogP contribution in [-0.2, 0) is 11.2 Å². The molecule has 0 aliphatic heterocycles. The molecule has 1 aromatic carbocycles. The van der Waals surface area contributed by atoms with E-state index in [9.17, 15) is 4.79 Å². The van der Waals surface area contributed by atoms with E-state index < -0.39 is 5.97 Å². The molecule has 5 heteroatoms. The molecule has 1 aromatic heterocycles. The normalized spacial score (nSPS) is 10.6. The summed E-state index contributed by atoms with van der Waals surface area (Å²) in [6.45, 7) is 4.04. The van der Waals surface area contributed by atoms with Crippen molar-refractivity contribution in [2.75, 3.05) is 0 Å². The van der Waals surface area contributed by atoms with Crippen molar-refractivity contribution in [1.82, 2.24) is 9.78 Å². The van der Waals surface area contributed by atoms with Crippen LogP contribution in [0.25, 0.3) is 5.69 Å². The van der Waals surface area contributed by atoms with Crippen molar-refractivity contribution >= 4 is 21.9 Å². The Hall–Kier alpha value is -1.62. The summed E-state index contributed by atoms with van der Waals surface area (Å²) < 4.78 is 2.42. The summed E-state index contributed by atoms with van der Waals surface area (Å²) >= 11 is 3.34. The Morgan fingerprint density at radius 2 is 2.17 bits per heavy atom. The van der Waals surface area contributed by atoms with Gasteiger partial charge in [0.1, 0.15) is 0 Å². The Morgan fingerprint density at radius 3 is 2.78 bits per heavy atom. The molecular weight excluding hydrogens is 296 g/mol. The number of aromatic nitrogens is 2. The van der Waals surface area contributed by atoms with Gasteiger partial charge in [0, 0.05) is 6.20 Å². The van der Waals surface area contributed by atoms with E-state index in [0.717, 1.165) is 11.3 Å².